The molecule has 44 heavy (non-hydrogen) atoms. The van der Waals surface area contributed by atoms with Crippen LogP contribution in [0.15, 0.2) is 24.3 Å². The Morgan fingerprint density at radius 2 is 0.773 bits per heavy atom. The predicted molar refractivity (Wildman–Crippen MR) is 163 cm³/mol. The molecule has 0 aromatic heterocycles. The third-order valence-corrected chi connectivity index (χ3v) is 9.88. The van der Waals surface area contributed by atoms with Gasteiger partial charge >= 0.3 is 0 Å². The number of carbonyl (C=O) groups excluding carboxylic acids is 4. The maximum atomic E-state index is 13.3. The Hall–Kier alpha value is -2.34. The maximum absolute atomic E-state index is 13.3. The highest BCUT2D eigenvalue weighted by Crippen LogP contribution is 2.48. The van der Waals surface area contributed by atoms with Crippen LogP contribution >= 0.6 is 0 Å². The van der Waals surface area contributed by atoms with Gasteiger partial charge in [0.1, 0.15) is 0 Å². The number of hydrogen-bond donors (Lipinski definition) is 0. The van der Waals surface area contributed by atoms with Crippen molar-refractivity contribution in [3.63, 3.8) is 0 Å². The Labute approximate surface area is 260 Å². The quantitative estimate of drug-likeness (QED) is 0.316. The van der Waals surface area contributed by atoms with E-state index in [1.807, 2.05) is 55.4 Å². The van der Waals surface area contributed by atoms with Crippen LogP contribution in [-0.4, -0.2) is 106 Å². The molecule has 0 aliphatic carbocycles. The fourth-order valence-electron chi connectivity index (χ4n) is 8.57. The molecule has 2 spiro atoms. The Kier molecular flexibility index (Phi) is 8.39. The lowest BCUT2D eigenvalue weighted by Gasteiger charge is -2.57. The van der Waals surface area contributed by atoms with Crippen molar-refractivity contribution >= 4 is 23.1 Å². The molecule has 4 aliphatic heterocycles. The monoisotopic (exact) mass is 612 g/mol. The number of ether oxygens (including phenoxy) is 4. The van der Waals surface area contributed by atoms with Gasteiger partial charge in [-0.15, -0.1) is 0 Å². The van der Waals surface area contributed by atoms with Crippen molar-refractivity contribution in [1.29, 1.82) is 0 Å². The Bertz CT molecular complexity index is 1180. The predicted octanol–water partition coefficient (Wildman–Crippen LogP) is 3.98. The summed E-state index contributed by atoms with van der Waals surface area (Å²) in [6, 6.07) is 5.82. The van der Waals surface area contributed by atoms with Gasteiger partial charge in [0.05, 0.1) is 39.5 Å². The van der Waals surface area contributed by atoms with Gasteiger partial charge in [-0.2, -0.15) is 0 Å². The number of carbonyl (C=O) groups is 4. The van der Waals surface area contributed by atoms with Gasteiger partial charge in [-0.25, -0.2) is 0 Å². The number of rotatable bonds is 8. The summed E-state index contributed by atoms with van der Waals surface area (Å²) >= 11 is 0. The van der Waals surface area contributed by atoms with E-state index in [1.165, 1.54) is 24.3 Å². The molecule has 4 heterocycles. The van der Waals surface area contributed by atoms with Crippen LogP contribution in [0, 0.1) is 0 Å². The summed E-state index contributed by atoms with van der Waals surface area (Å²) in [5.74, 6) is -3.66. The summed E-state index contributed by atoms with van der Waals surface area (Å²) in [4.78, 5) is 57.1. The van der Waals surface area contributed by atoms with Gasteiger partial charge in [0, 0.05) is 59.0 Å². The molecule has 4 aliphatic rings. The molecule has 0 amide bonds. The van der Waals surface area contributed by atoms with Crippen LogP contribution in [0.25, 0.3) is 0 Å². The van der Waals surface area contributed by atoms with Gasteiger partial charge in [0.25, 0.3) is 0 Å². The molecule has 0 bridgehead atoms. The number of hydrogen-bond acceptors (Lipinski definition) is 10. The molecular weight excluding hydrogens is 564 g/mol. The molecule has 10 nitrogen and oxygen atoms in total. The zero-order chi connectivity index (χ0) is 32.3. The molecule has 5 rings (SSSR count). The van der Waals surface area contributed by atoms with Crippen molar-refractivity contribution in [2.75, 3.05) is 39.5 Å². The summed E-state index contributed by atoms with van der Waals surface area (Å²) in [7, 11) is 0. The molecule has 4 saturated heterocycles. The number of likely N-dealkylation sites (tertiary alicyclic amines) is 2. The normalized spacial score (nSPS) is 26.5. The zero-order valence-corrected chi connectivity index (χ0v) is 27.5. The van der Waals surface area contributed by atoms with Gasteiger partial charge in [-0.1, -0.05) is 24.3 Å². The number of benzene rings is 1. The minimum atomic E-state index is -0.670. The van der Waals surface area contributed by atoms with Crippen molar-refractivity contribution < 1.29 is 38.1 Å². The van der Waals surface area contributed by atoms with Gasteiger partial charge in [-0.05, 0) is 55.4 Å². The first-order valence-electron chi connectivity index (χ1n) is 15.7. The van der Waals surface area contributed by atoms with E-state index in [-0.39, 0.29) is 24.2 Å². The standard InChI is InChI=1S/C34H48N2O8/c1-29(2)19-33(41-13-14-42-33)20-30(3,4)35(29)17-25(37)27(39)23-9-11-24(12-10-23)28(40)26(38)18-36-31(5,6)21-34(22-32(36,7)8)43-15-16-44-34/h9-12H,13-22H2,1-8H3. The lowest BCUT2D eigenvalue weighted by atomic mass is 9.75. The summed E-state index contributed by atoms with van der Waals surface area (Å²) in [6.07, 6.45) is 2.35. The highest BCUT2D eigenvalue weighted by molar-refractivity contribution is 6.45. The van der Waals surface area contributed by atoms with Crippen LogP contribution in [-0.2, 0) is 28.5 Å². The molecule has 4 fully saturated rings. The number of piperidine rings is 2. The lowest BCUT2D eigenvalue weighted by molar-refractivity contribution is -0.238. The van der Waals surface area contributed by atoms with E-state index < -0.39 is 56.9 Å². The molecule has 0 saturated carbocycles. The van der Waals surface area contributed by atoms with Crippen LogP contribution in [0.4, 0.5) is 0 Å². The Balaban J connectivity index is 1.23. The summed E-state index contributed by atoms with van der Waals surface area (Å²) in [5, 5.41) is 0. The molecule has 0 radical (unpaired) electrons. The SMILES string of the molecule is CC1(C)CC2(CC(C)(C)N1CC(=O)C(=O)c1ccc(C(=O)C(=O)CN3C(C)(C)CC4(CC3(C)C)OCCO4)cc1)OCCO2. The molecule has 242 valence electrons. The van der Waals surface area contributed by atoms with E-state index in [4.69, 9.17) is 18.9 Å². The first kappa shape index (κ1) is 33.0. The smallest absolute Gasteiger partial charge is 0.229 e. The highest BCUT2D eigenvalue weighted by Gasteiger charge is 2.57. The third-order valence-electron chi connectivity index (χ3n) is 9.88. The topological polar surface area (TPSA) is 112 Å². The maximum Gasteiger partial charge on any atom is 0.229 e. The third kappa shape index (κ3) is 6.22. The van der Waals surface area contributed by atoms with E-state index in [9.17, 15) is 19.2 Å². The fraction of sp³-hybridized carbons (Fsp3) is 0.706. The molecule has 10 heteroatoms. The second-order valence-electron chi connectivity index (χ2n) is 15.4. The van der Waals surface area contributed by atoms with Crippen LogP contribution in [0.1, 0.15) is 102 Å². The minimum Gasteiger partial charge on any atom is -0.347 e. The lowest BCUT2D eigenvalue weighted by Crippen LogP contribution is -2.67. The first-order chi connectivity index (χ1) is 20.3. The number of ketones is 4. The second-order valence-corrected chi connectivity index (χ2v) is 15.4. The minimum absolute atomic E-state index is 0.0488. The summed E-state index contributed by atoms with van der Waals surface area (Å²) in [5.41, 5.74) is -1.43. The summed E-state index contributed by atoms with van der Waals surface area (Å²) < 4.78 is 24.0. The zero-order valence-electron chi connectivity index (χ0n) is 27.5. The average molecular weight is 613 g/mol. The number of Topliss-reactive ketones (excluding diaryl/α,β-unsaturated/α-hetero) is 4. The Morgan fingerprint density at radius 3 is 1.02 bits per heavy atom. The van der Waals surface area contributed by atoms with Gasteiger partial charge in [0.15, 0.2) is 11.6 Å². The Morgan fingerprint density at radius 1 is 0.523 bits per heavy atom. The molecular formula is C34H48N2O8. The average Bonchev–Trinajstić information content (AvgIpc) is 3.55. The van der Waals surface area contributed by atoms with Crippen LogP contribution in [0.5, 0.6) is 0 Å². The fourth-order valence-corrected chi connectivity index (χ4v) is 8.57. The van der Waals surface area contributed by atoms with E-state index in [0.29, 0.717) is 52.1 Å². The molecule has 1 aromatic rings. The van der Waals surface area contributed by atoms with E-state index in [1.54, 1.807) is 0 Å². The molecule has 1 aromatic carbocycles. The van der Waals surface area contributed by atoms with E-state index in [0.717, 1.165) is 0 Å². The first-order valence-corrected chi connectivity index (χ1v) is 15.7. The molecule has 0 unspecified atom stereocenters. The van der Waals surface area contributed by atoms with Gasteiger partial charge in [-0.3, -0.25) is 29.0 Å². The van der Waals surface area contributed by atoms with Gasteiger partial charge in [0.2, 0.25) is 23.1 Å². The van der Waals surface area contributed by atoms with Crippen molar-refractivity contribution in [1.82, 2.24) is 9.80 Å². The van der Waals surface area contributed by atoms with Crippen LogP contribution in [0.3, 0.4) is 0 Å². The van der Waals surface area contributed by atoms with Crippen LogP contribution in [0.2, 0.25) is 0 Å². The van der Waals surface area contributed by atoms with E-state index in [2.05, 4.69) is 9.80 Å². The molecule has 0 N–H and O–H groups in total. The van der Waals surface area contributed by atoms with E-state index >= 15 is 0 Å². The summed E-state index contributed by atoms with van der Waals surface area (Å²) in [6.45, 7) is 18.4. The van der Waals surface area contributed by atoms with Crippen molar-refractivity contribution in [2.45, 2.75) is 115 Å². The molecule has 0 atom stereocenters. The van der Waals surface area contributed by atoms with Crippen molar-refractivity contribution in [2.24, 2.45) is 0 Å². The highest BCUT2D eigenvalue weighted by atomic mass is 16.7. The number of nitrogens with zero attached hydrogens (tertiary/aromatic N) is 2. The van der Waals surface area contributed by atoms with Gasteiger partial charge < -0.3 is 18.9 Å². The van der Waals surface area contributed by atoms with Crippen molar-refractivity contribution in [3.8, 4) is 0 Å². The van der Waals surface area contributed by atoms with Crippen molar-refractivity contribution in [3.05, 3.63) is 35.4 Å². The largest absolute Gasteiger partial charge is 0.347 e. The second kappa shape index (κ2) is 11.2. The van der Waals surface area contributed by atoms with Crippen LogP contribution < -0.4 is 0 Å².